The van der Waals surface area contributed by atoms with Gasteiger partial charge in [0.25, 0.3) is 0 Å². The van der Waals surface area contributed by atoms with E-state index in [1.807, 2.05) is 0 Å². The summed E-state index contributed by atoms with van der Waals surface area (Å²) >= 11 is 0. The largest absolute Gasteiger partial charge is 0.490 e. The Labute approximate surface area is 166 Å². The smallest absolute Gasteiger partial charge is 0.189 e. The highest BCUT2D eigenvalue weighted by Gasteiger charge is 2.61. The van der Waals surface area contributed by atoms with Gasteiger partial charge in [-0.25, -0.2) is 21.6 Å². The molecule has 3 atom stereocenters. The molecule has 0 N–H and O–H groups in total. The molecule has 1 unspecified atom stereocenters. The summed E-state index contributed by atoms with van der Waals surface area (Å²) in [5, 5.41) is 0. The van der Waals surface area contributed by atoms with Crippen LogP contribution in [0.25, 0.3) is 0 Å². The normalized spacial score (nSPS) is 26.2. The molecule has 0 radical (unpaired) electrons. The first-order valence-corrected chi connectivity index (χ1v) is 10.6. The van der Waals surface area contributed by atoms with E-state index in [0.29, 0.717) is 6.42 Å². The molecule has 8 heteroatoms. The van der Waals surface area contributed by atoms with Crippen molar-refractivity contribution >= 4 is 9.84 Å². The van der Waals surface area contributed by atoms with Crippen LogP contribution in [0.1, 0.15) is 18.4 Å². The lowest BCUT2D eigenvalue weighted by atomic mass is 9.75. The molecule has 154 valence electrons. The van der Waals surface area contributed by atoms with E-state index in [1.165, 1.54) is 0 Å². The molecule has 0 bridgehead atoms. The zero-order chi connectivity index (χ0) is 20.8. The topological polar surface area (TPSA) is 52.6 Å². The van der Waals surface area contributed by atoms with Gasteiger partial charge in [0.15, 0.2) is 21.4 Å². The molecule has 1 fully saturated rings. The minimum absolute atomic E-state index is 0.0326. The highest BCUT2D eigenvalue weighted by molar-refractivity contribution is 7.92. The predicted octanol–water partition coefficient (Wildman–Crippen LogP) is 4.15. The molecular formula is C21H19F3O4S. The fourth-order valence-corrected chi connectivity index (χ4v) is 6.79. The van der Waals surface area contributed by atoms with Crippen LogP contribution >= 0.6 is 0 Å². The van der Waals surface area contributed by atoms with Crippen LogP contribution in [0.2, 0.25) is 0 Å². The molecule has 4 rings (SSSR count). The molecule has 0 amide bonds. The lowest BCUT2D eigenvalue weighted by molar-refractivity contribution is -0.0704. The van der Waals surface area contributed by atoms with Gasteiger partial charge in [-0.3, -0.25) is 0 Å². The minimum atomic E-state index is -4.27. The molecule has 4 nitrogen and oxygen atoms in total. The molecule has 2 heterocycles. The molecule has 2 aliphatic heterocycles. The number of rotatable bonds is 4. The summed E-state index contributed by atoms with van der Waals surface area (Å²) in [7, 11) is -4.27. The second-order valence-electron chi connectivity index (χ2n) is 7.18. The number of benzene rings is 2. The third kappa shape index (κ3) is 2.88. The summed E-state index contributed by atoms with van der Waals surface area (Å²) in [6.07, 6.45) is 1.22. The van der Waals surface area contributed by atoms with E-state index in [4.69, 9.17) is 9.47 Å². The fourth-order valence-electron chi connectivity index (χ4n) is 4.45. The van der Waals surface area contributed by atoms with Gasteiger partial charge in [0.1, 0.15) is 16.4 Å². The zero-order valence-corrected chi connectivity index (χ0v) is 16.2. The summed E-state index contributed by atoms with van der Waals surface area (Å²) in [5.74, 6) is -3.49. The third-order valence-electron chi connectivity index (χ3n) is 5.74. The molecule has 29 heavy (non-hydrogen) atoms. The Kier molecular flexibility index (Phi) is 4.94. The lowest BCUT2D eigenvalue weighted by Gasteiger charge is -2.50. The van der Waals surface area contributed by atoms with Crippen molar-refractivity contribution < 1.29 is 31.1 Å². The molecule has 2 aromatic rings. The van der Waals surface area contributed by atoms with E-state index in [1.54, 1.807) is 6.08 Å². The first kappa shape index (κ1) is 20.0. The van der Waals surface area contributed by atoms with Gasteiger partial charge in [-0.2, -0.15) is 0 Å². The van der Waals surface area contributed by atoms with Crippen LogP contribution in [0.15, 0.2) is 53.9 Å². The average Bonchev–Trinajstić information content (AvgIpc) is 2.71. The van der Waals surface area contributed by atoms with Crippen molar-refractivity contribution in [2.24, 2.45) is 5.92 Å². The van der Waals surface area contributed by atoms with Crippen molar-refractivity contribution in [2.75, 3.05) is 13.2 Å². The van der Waals surface area contributed by atoms with Gasteiger partial charge < -0.3 is 9.47 Å². The predicted molar refractivity (Wildman–Crippen MR) is 99.8 cm³/mol. The van der Waals surface area contributed by atoms with E-state index >= 15 is 4.39 Å². The SMILES string of the molecule is C=CC[C@@H]1OCC[C@@]2(S(=O)(=O)c3ccc(F)cc3)c3c(F)ccc(F)c3OCC12. The van der Waals surface area contributed by atoms with Crippen LogP contribution in [0.4, 0.5) is 13.2 Å². The number of ether oxygens (including phenoxy) is 2. The Morgan fingerprint density at radius 1 is 1.10 bits per heavy atom. The van der Waals surface area contributed by atoms with E-state index < -0.39 is 49.8 Å². The van der Waals surface area contributed by atoms with E-state index in [9.17, 15) is 17.2 Å². The highest BCUT2D eigenvalue weighted by atomic mass is 32.2. The van der Waals surface area contributed by atoms with Gasteiger partial charge in [0.2, 0.25) is 0 Å². The summed E-state index contributed by atoms with van der Waals surface area (Å²) < 4.78 is 80.2. The average molecular weight is 424 g/mol. The van der Waals surface area contributed by atoms with Gasteiger partial charge in [0.05, 0.1) is 23.2 Å². The maximum absolute atomic E-state index is 15.1. The summed E-state index contributed by atoms with van der Waals surface area (Å²) in [6, 6.07) is 6.15. The molecule has 0 aromatic heterocycles. The second-order valence-corrected chi connectivity index (χ2v) is 9.39. The Balaban J connectivity index is 2.03. The van der Waals surface area contributed by atoms with Crippen molar-refractivity contribution in [1.29, 1.82) is 0 Å². The highest BCUT2D eigenvalue weighted by Crippen LogP contribution is 2.55. The minimum Gasteiger partial charge on any atom is -0.490 e. The van der Waals surface area contributed by atoms with Gasteiger partial charge in [0, 0.05) is 12.5 Å². The maximum atomic E-state index is 15.1. The summed E-state index contributed by atoms with van der Waals surface area (Å²) in [4.78, 5) is -0.167. The van der Waals surface area contributed by atoms with Crippen LogP contribution < -0.4 is 4.74 Å². The van der Waals surface area contributed by atoms with Gasteiger partial charge in [-0.05, 0) is 49.2 Å². The first-order chi connectivity index (χ1) is 13.8. The molecular weight excluding hydrogens is 405 g/mol. The van der Waals surface area contributed by atoms with Crippen LogP contribution in [0.5, 0.6) is 5.75 Å². The monoisotopic (exact) mass is 424 g/mol. The Morgan fingerprint density at radius 2 is 1.79 bits per heavy atom. The standard InChI is InChI=1S/C21H19F3O4S/c1-2-3-18-15-12-28-20-17(24)9-8-16(23)19(20)21(15,10-11-27-18)29(25,26)14-6-4-13(22)5-7-14/h2,4-9,15,18H,1,3,10-12H2/t15?,18-,21-/m0/s1. The van der Waals surface area contributed by atoms with E-state index in [0.717, 1.165) is 36.4 Å². The lowest BCUT2D eigenvalue weighted by Crippen LogP contribution is -2.57. The first-order valence-electron chi connectivity index (χ1n) is 9.17. The molecule has 2 aromatic carbocycles. The summed E-state index contributed by atoms with van der Waals surface area (Å²) in [5.41, 5.74) is -0.324. The quantitative estimate of drug-likeness (QED) is 0.547. The fraction of sp³-hybridized carbons (Fsp3) is 0.333. The van der Waals surface area contributed by atoms with Gasteiger partial charge >= 0.3 is 0 Å². The zero-order valence-electron chi connectivity index (χ0n) is 15.4. The van der Waals surface area contributed by atoms with Crippen molar-refractivity contribution in [3.63, 3.8) is 0 Å². The van der Waals surface area contributed by atoms with Crippen LogP contribution in [0, 0.1) is 23.4 Å². The van der Waals surface area contributed by atoms with Crippen molar-refractivity contribution in [1.82, 2.24) is 0 Å². The Morgan fingerprint density at radius 3 is 2.48 bits per heavy atom. The van der Waals surface area contributed by atoms with Gasteiger partial charge in [-0.15, -0.1) is 6.58 Å². The molecule has 0 aliphatic carbocycles. The third-order valence-corrected chi connectivity index (χ3v) is 8.31. The van der Waals surface area contributed by atoms with E-state index in [2.05, 4.69) is 6.58 Å². The summed E-state index contributed by atoms with van der Waals surface area (Å²) in [6.45, 7) is 3.55. The number of sulfone groups is 1. The number of fused-ring (bicyclic) bond motifs is 3. The maximum Gasteiger partial charge on any atom is 0.189 e. The Hall–Kier alpha value is -2.32. The van der Waals surface area contributed by atoms with Gasteiger partial charge in [-0.1, -0.05) is 6.08 Å². The number of halogens is 3. The van der Waals surface area contributed by atoms with E-state index in [-0.39, 0.29) is 30.1 Å². The number of hydrogen-bond acceptors (Lipinski definition) is 4. The van der Waals surface area contributed by atoms with Crippen molar-refractivity contribution in [3.05, 3.63) is 72.1 Å². The Bertz CT molecular complexity index is 1050. The molecule has 0 spiro atoms. The number of hydrogen-bond donors (Lipinski definition) is 0. The molecule has 1 saturated heterocycles. The molecule has 0 saturated carbocycles. The van der Waals surface area contributed by atoms with Crippen LogP contribution in [-0.2, 0) is 19.3 Å². The van der Waals surface area contributed by atoms with Crippen LogP contribution in [0.3, 0.4) is 0 Å². The van der Waals surface area contributed by atoms with Crippen LogP contribution in [-0.4, -0.2) is 27.7 Å². The van der Waals surface area contributed by atoms with Crippen molar-refractivity contribution in [3.8, 4) is 5.75 Å². The molecule has 2 aliphatic rings. The van der Waals surface area contributed by atoms with Crippen molar-refractivity contribution in [2.45, 2.75) is 28.6 Å². The second kappa shape index (κ2) is 7.18.